The van der Waals surface area contributed by atoms with Crippen LogP contribution < -0.4 is 15.0 Å². The Morgan fingerprint density at radius 2 is 2.07 bits per heavy atom. The normalized spacial score (nSPS) is 23.9. The highest BCUT2D eigenvalue weighted by Gasteiger charge is 2.50. The van der Waals surface area contributed by atoms with E-state index in [1.165, 1.54) is 0 Å². The van der Waals surface area contributed by atoms with Gasteiger partial charge in [0.15, 0.2) is 6.23 Å². The summed E-state index contributed by atoms with van der Waals surface area (Å²) in [6.07, 6.45) is 1.29. The molecule has 4 rings (SSSR count). The van der Waals surface area contributed by atoms with Crippen LogP contribution in [0.25, 0.3) is 0 Å². The van der Waals surface area contributed by atoms with E-state index < -0.39 is 6.09 Å². The third-order valence-electron chi connectivity index (χ3n) is 5.93. The maximum absolute atomic E-state index is 12.4. The number of ether oxygens (including phenoxy) is 1. The zero-order valence-electron chi connectivity index (χ0n) is 16.9. The van der Waals surface area contributed by atoms with Crippen molar-refractivity contribution in [2.45, 2.75) is 38.3 Å². The maximum atomic E-state index is 12.4. The standard InChI is InChI=1S/C22H27N3O3/c1-5-15-8-6-7-9-18(15)23-21(26)27-16-10-11-19-17(14-16)22(2)12-13-24(3)28-20(22)25(19)4/h6-11,14,20H,5,12-13H2,1-4H3,(H,23,26)/t20?,22-/m1/s1. The van der Waals surface area contributed by atoms with Crippen molar-refractivity contribution in [3.8, 4) is 5.75 Å². The number of nitrogens with one attached hydrogen (secondary N) is 1. The summed E-state index contributed by atoms with van der Waals surface area (Å²) in [7, 11) is 4.01. The summed E-state index contributed by atoms with van der Waals surface area (Å²) >= 11 is 0. The first-order chi connectivity index (χ1) is 13.4. The van der Waals surface area contributed by atoms with Gasteiger partial charge in [-0.15, -0.1) is 0 Å². The topological polar surface area (TPSA) is 54.0 Å². The van der Waals surface area contributed by atoms with Crippen molar-refractivity contribution in [3.63, 3.8) is 0 Å². The molecule has 1 amide bonds. The van der Waals surface area contributed by atoms with Gasteiger partial charge in [0.1, 0.15) is 5.75 Å². The Morgan fingerprint density at radius 1 is 1.29 bits per heavy atom. The molecule has 1 N–H and O–H groups in total. The monoisotopic (exact) mass is 381 g/mol. The summed E-state index contributed by atoms with van der Waals surface area (Å²) in [5, 5.41) is 4.75. The maximum Gasteiger partial charge on any atom is 0.417 e. The van der Waals surface area contributed by atoms with Crippen LogP contribution in [0.4, 0.5) is 16.2 Å². The Bertz CT molecular complexity index is 900. The molecule has 1 fully saturated rings. The second-order valence-corrected chi connectivity index (χ2v) is 7.79. The SMILES string of the molecule is CCc1ccccc1NC(=O)Oc1ccc2c(c1)[C@@]1(C)CCN(C)OC1N2C. The summed E-state index contributed by atoms with van der Waals surface area (Å²) in [5.74, 6) is 0.541. The van der Waals surface area contributed by atoms with Gasteiger partial charge in [0, 0.05) is 37.4 Å². The Hall–Kier alpha value is -2.57. The van der Waals surface area contributed by atoms with E-state index in [-0.39, 0.29) is 11.6 Å². The quantitative estimate of drug-likeness (QED) is 0.865. The van der Waals surface area contributed by atoms with E-state index in [2.05, 4.69) is 24.1 Å². The van der Waals surface area contributed by atoms with E-state index >= 15 is 0 Å². The number of hydrogen-bond acceptors (Lipinski definition) is 5. The minimum Gasteiger partial charge on any atom is -0.410 e. The van der Waals surface area contributed by atoms with Crippen molar-refractivity contribution in [3.05, 3.63) is 53.6 Å². The average Bonchev–Trinajstić information content (AvgIpc) is 2.90. The fraction of sp³-hybridized carbons (Fsp3) is 0.409. The number of hydrogen-bond donors (Lipinski definition) is 1. The second kappa shape index (κ2) is 7.11. The molecule has 0 aromatic heterocycles. The molecule has 1 unspecified atom stereocenters. The van der Waals surface area contributed by atoms with E-state index in [4.69, 9.17) is 9.57 Å². The first kappa shape index (κ1) is 18.8. The first-order valence-corrected chi connectivity index (χ1v) is 9.74. The molecule has 2 aliphatic heterocycles. The Morgan fingerprint density at radius 3 is 2.86 bits per heavy atom. The number of rotatable bonds is 3. The van der Waals surface area contributed by atoms with Crippen LogP contribution in [-0.2, 0) is 16.7 Å². The molecule has 6 heteroatoms. The summed E-state index contributed by atoms with van der Waals surface area (Å²) < 4.78 is 5.60. The highest BCUT2D eigenvalue weighted by molar-refractivity contribution is 5.87. The summed E-state index contributed by atoms with van der Waals surface area (Å²) in [5.41, 5.74) is 4.00. The van der Waals surface area contributed by atoms with Crippen molar-refractivity contribution < 1.29 is 14.4 Å². The lowest BCUT2D eigenvalue weighted by molar-refractivity contribution is -0.226. The molecule has 6 nitrogen and oxygen atoms in total. The van der Waals surface area contributed by atoms with Gasteiger partial charge in [0.25, 0.3) is 0 Å². The number of fused-ring (bicyclic) bond motifs is 3. The number of aryl methyl sites for hydroxylation is 1. The average molecular weight is 381 g/mol. The number of likely N-dealkylation sites (N-methyl/N-ethyl adjacent to an activating group) is 1. The van der Waals surface area contributed by atoms with E-state index in [1.807, 2.05) is 61.6 Å². The molecule has 2 atom stereocenters. The molecule has 0 saturated carbocycles. The number of para-hydroxylation sites is 1. The third-order valence-corrected chi connectivity index (χ3v) is 5.93. The van der Waals surface area contributed by atoms with Crippen molar-refractivity contribution in [1.82, 2.24) is 5.06 Å². The van der Waals surface area contributed by atoms with Crippen LogP contribution in [-0.4, -0.2) is 38.0 Å². The Balaban J connectivity index is 1.55. The highest BCUT2D eigenvalue weighted by atomic mass is 16.7. The molecular formula is C22H27N3O3. The fourth-order valence-corrected chi connectivity index (χ4v) is 4.28. The molecule has 0 aliphatic carbocycles. The first-order valence-electron chi connectivity index (χ1n) is 9.74. The number of carbonyl (C=O) groups is 1. The highest BCUT2D eigenvalue weighted by Crippen LogP contribution is 2.50. The molecule has 28 heavy (non-hydrogen) atoms. The van der Waals surface area contributed by atoms with Gasteiger partial charge in [0.2, 0.25) is 0 Å². The number of amides is 1. The van der Waals surface area contributed by atoms with Gasteiger partial charge in [-0.1, -0.05) is 32.0 Å². The van der Waals surface area contributed by atoms with Gasteiger partial charge in [-0.05, 0) is 48.2 Å². The van der Waals surface area contributed by atoms with Crippen molar-refractivity contribution in [2.24, 2.45) is 0 Å². The molecule has 0 spiro atoms. The molecule has 2 aromatic carbocycles. The molecule has 0 bridgehead atoms. The van der Waals surface area contributed by atoms with Gasteiger partial charge < -0.3 is 9.64 Å². The molecule has 1 saturated heterocycles. The molecular weight excluding hydrogens is 354 g/mol. The minimum absolute atomic E-state index is 0.0539. The van der Waals surface area contributed by atoms with Crippen LogP contribution in [0.2, 0.25) is 0 Å². The van der Waals surface area contributed by atoms with Crippen molar-refractivity contribution >= 4 is 17.5 Å². The van der Waals surface area contributed by atoms with Gasteiger partial charge >= 0.3 is 6.09 Å². The lowest BCUT2D eigenvalue weighted by Gasteiger charge is -2.42. The third kappa shape index (κ3) is 3.12. The molecule has 148 valence electrons. The smallest absolute Gasteiger partial charge is 0.410 e. The largest absolute Gasteiger partial charge is 0.417 e. The van der Waals surface area contributed by atoms with Crippen LogP contribution in [0, 0.1) is 0 Å². The Kier molecular flexibility index (Phi) is 4.77. The number of nitrogens with zero attached hydrogens (tertiary/aromatic N) is 2. The van der Waals surface area contributed by atoms with Crippen LogP contribution in [0.5, 0.6) is 5.75 Å². The number of anilines is 2. The molecule has 2 aliphatic rings. The lowest BCUT2D eigenvalue weighted by atomic mass is 9.79. The van der Waals surface area contributed by atoms with Gasteiger partial charge in [-0.2, -0.15) is 5.06 Å². The zero-order chi connectivity index (χ0) is 19.9. The predicted octanol–water partition coefficient (Wildman–Crippen LogP) is 4.16. The summed E-state index contributed by atoms with van der Waals surface area (Å²) in [6, 6.07) is 13.6. The molecule has 2 heterocycles. The molecule has 2 aromatic rings. The van der Waals surface area contributed by atoms with E-state index in [0.29, 0.717) is 5.75 Å². The lowest BCUT2D eigenvalue weighted by Crippen LogP contribution is -2.52. The fourth-order valence-electron chi connectivity index (χ4n) is 4.28. The second-order valence-electron chi connectivity index (χ2n) is 7.79. The van der Waals surface area contributed by atoms with Crippen LogP contribution in [0.1, 0.15) is 31.4 Å². The summed E-state index contributed by atoms with van der Waals surface area (Å²) in [6.45, 7) is 5.14. The van der Waals surface area contributed by atoms with Crippen LogP contribution in [0.15, 0.2) is 42.5 Å². The van der Waals surface area contributed by atoms with Crippen molar-refractivity contribution in [2.75, 3.05) is 30.9 Å². The Labute approximate surface area is 166 Å². The van der Waals surface area contributed by atoms with E-state index in [0.717, 1.165) is 41.9 Å². The summed E-state index contributed by atoms with van der Waals surface area (Å²) in [4.78, 5) is 20.7. The van der Waals surface area contributed by atoms with Gasteiger partial charge in [0.05, 0.1) is 0 Å². The van der Waals surface area contributed by atoms with E-state index in [1.54, 1.807) is 0 Å². The minimum atomic E-state index is -0.478. The van der Waals surface area contributed by atoms with Gasteiger partial charge in [-0.25, -0.2) is 4.79 Å². The van der Waals surface area contributed by atoms with Gasteiger partial charge in [-0.3, -0.25) is 10.2 Å². The van der Waals surface area contributed by atoms with Crippen LogP contribution >= 0.6 is 0 Å². The zero-order valence-corrected chi connectivity index (χ0v) is 16.9. The van der Waals surface area contributed by atoms with Crippen molar-refractivity contribution in [1.29, 1.82) is 0 Å². The molecule has 0 radical (unpaired) electrons. The number of benzene rings is 2. The number of hydroxylamine groups is 2. The number of carbonyl (C=O) groups excluding carboxylic acids is 1. The van der Waals surface area contributed by atoms with E-state index in [9.17, 15) is 4.79 Å². The predicted molar refractivity (Wildman–Crippen MR) is 110 cm³/mol. The van der Waals surface area contributed by atoms with Crippen LogP contribution in [0.3, 0.4) is 0 Å².